The van der Waals surface area contributed by atoms with Crippen LogP contribution >= 0.6 is 0 Å². The van der Waals surface area contributed by atoms with E-state index in [9.17, 15) is 14.4 Å². The average molecular weight is 289 g/mol. The third-order valence-electron chi connectivity index (χ3n) is 2.62. The summed E-state index contributed by atoms with van der Waals surface area (Å²) >= 11 is 0. The molecule has 3 amide bonds. The Labute approximate surface area is 118 Å². The van der Waals surface area contributed by atoms with Gasteiger partial charge in [-0.1, -0.05) is 0 Å². The second-order valence-corrected chi connectivity index (χ2v) is 5.02. The van der Waals surface area contributed by atoms with E-state index in [1.54, 1.807) is 0 Å². The average Bonchev–Trinajstić information content (AvgIpc) is 2.36. The molecule has 20 heavy (non-hydrogen) atoms. The molecule has 0 heterocycles. The van der Waals surface area contributed by atoms with Gasteiger partial charge in [-0.05, 0) is 20.8 Å². The number of amides is 3. The van der Waals surface area contributed by atoms with Gasteiger partial charge in [0.2, 0.25) is 5.91 Å². The van der Waals surface area contributed by atoms with Crippen LogP contribution in [0.1, 0.15) is 20.8 Å². The number of carboxylic acids is 1. The van der Waals surface area contributed by atoms with E-state index in [-0.39, 0.29) is 12.5 Å². The number of carboxylic acid groups (broad SMARTS) is 1. The molecule has 0 bridgehead atoms. The van der Waals surface area contributed by atoms with Gasteiger partial charge in [0, 0.05) is 20.2 Å². The Morgan fingerprint density at radius 2 is 1.85 bits per heavy atom. The van der Waals surface area contributed by atoms with Gasteiger partial charge in [-0.25, -0.2) is 4.79 Å². The normalized spacial score (nSPS) is 12.4. The molecule has 4 N–H and O–H groups in total. The van der Waals surface area contributed by atoms with Crippen LogP contribution in [-0.2, 0) is 14.3 Å². The monoisotopic (exact) mass is 289 g/mol. The zero-order valence-corrected chi connectivity index (χ0v) is 12.3. The zero-order valence-electron chi connectivity index (χ0n) is 12.3. The molecule has 0 fully saturated rings. The zero-order chi connectivity index (χ0) is 15.8. The van der Waals surface area contributed by atoms with Crippen molar-refractivity contribution in [3.63, 3.8) is 0 Å². The van der Waals surface area contributed by atoms with E-state index in [2.05, 4.69) is 16.0 Å². The number of hydrogen-bond donors (Lipinski definition) is 4. The SMILES string of the molecule is COCCNC(=O)C(C)NC(=O)NCC(C)(C)C(=O)O. The van der Waals surface area contributed by atoms with Crippen molar-refractivity contribution in [1.82, 2.24) is 16.0 Å². The summed E-state index contributed by atoms with van der Waals surface area (Å²) in [6.07, 6.45) is 0. The van der Waals surface area contributed by atoms with E-state index in [4.69, 9.17) is 9.84 Å². The lowest BCUT2D eigenvalue weighted by atomic mass is 9.94. The number of ether oxygens (including phenoxy) is 1. The molecule has 0 rings (SSSR count). The maximum Gasteiger partial charge on any atom is 0.315 e. The molecule has 8 heteroatoms. The van der Waals surface area contributed by atoms with Crippen LogP contribution in [0.5, 0.6) is 0 Å². The number of rotatable bonds is 8. The van der Waals surface area contributed by atoms with E-state index in [1.165, 1.54) is 27.9 Å². The van der Waals surface area contributed by atoms with Crippen molar-refractivity contribution < 1.29 is 24.2 Å². The minimum Gasteiger partial charge on any atom is -0.481 e. The van der Waals surface area contributed by atoms with Gasteiger partial charge in [-0.3, -0.25) is 9.59 Å². The van der Waals surface area contributed by atoms with Gasteiger partial charge in [0.05, 0.1) is 12.0 Å². The highest BCUT2D eigenvalue weighted by Crippen LogP contribution is 2.12. The number of aliphatic carboxylic acids is 1. The second kappa shape index (κ2) is 8.36. The van der Waals surface area contributed by atoms with Crippen LogP contribution < -0.4 is 16.0 Å². The van der Waals surface area contributed by atoms with Gasteiger partial charge < -0.3 is 25.8 Å². The molecular formula is C12H23N3O5. The van der Waals surface area contributed by atoms with Gasteiger partial charge >= 0.3 is 12.0 Å². The third-order valence-corrected chi connectivity index (χ3v) is 2.62. The predicted molar refractivity (Wildman–Crippen MR) is 72.3 cm³/mol. The van der Waals surface area contributed by atoms with Crippen LogP contribution in [0.3, 0.4) is 0 Å². The Bertz CT molecular complexity index is 357. The van der Waals surface area contributed by atoms with Crippen LogP contribution in [0.4, 0.5) is 4.79 Å². The standard InChI is InChI=1S/C12H23N3O5/c1-8(9(16)13-5-6-20-4)15-11(19)14-7-12(2,3)10(17)18/h8H,5-7H2,1-4H3,(H,13,16)(H,17,18)(H2,14,15,19). The first-order chi connectivity index (χ1) is 9.20. The van der Waals surface area contributed by atoms with Gasteiger partial charge in [-0.2, -0.15) is 0 Å². The molecule has 0 saturated heterocycles. The molecule has 0 aliphatic carbocycles. The van der Waals surface area contributed by atoms with Gasteiger partial charge in [0.15, 0.2) is 0 Å². The maximum atomic E-state index is 11.6. The summed E-state index contributed by atoms with van der Waals surface area (Å²) in [7, 11) is 1.52. The highest BCUT2D eigenvalue weighted by atomic mass is 16.5. The van der Waals surface area contributed by atoms with E-state index in [1.807, 2.05) is 0 Å². The minimum atomic E-state index is -1.07. The molecule has 116 valence electrons. The topological polar surface area (TPSA) is 117 Å². The quantitative estimate of drug-likeness (QED) is 0.451. The molecule has 1 atom stereocenters. The summed E-state index contributed by atoms with van der Waals surface area (Å²) in [5.41, 5.74) is -1.07. The van der Waals surface area contributed by atoms with Gasteiger partial charge in [-0.15, -0.1) is 0 Å². The Kier molecular flexibility index (Phi) is 7.60. The van der Waals surface area contributed by atoms with Crippen molar-refractivity contribution in [2.75, 3.05) is 26.8 Å². The number of hydrogen-bond acceptors (Lipinski definition) is 4. The molecule has 0 aromatic carbocycles. The second-order valence-electron chi connectivity index (χ2n) is 5.02. The van der Waals surface area contributed by atoms with Crippen LogP contribution in [0, 0.1) is 5.41 Å². The summed E-state index contributed by atoms with van der Waals surface area (Å²) in [4.78, 5) is 34.0. The highest BCUT2D eigenvalue weighted by Gasteiger charge is 2.27. The predicted octanol–water partition coefficient (Wildman–Crippen LogP) is -0.452. The Morgan fingerprint density at radius 1 is 1.25 bits per heavy atom. The Hall–Kier alpha value is -1.83. The van der Waals surface area contributed by atoms with Crippen molar-refractivity contribution in [3.05, 3.63) is 0 Å². The van der Waals surface area contributed by atoms with E-state index in [0.717, 1.165) is 0 Å². The van der Waals surface area contributed by atoms with Gasteiger partial charge in [0.1, 0.15) is 6.04 Å². The van der Waals surface area contributed by atoms with Crippen molar-refractivity contribution in [2.45, 2.75) is 26.8 Å². The lowest BCUT2D eigenvalue weighted by molar-refractivity contribution is -0.146. The number of carbonyl (C=O) groups is 3. The summed E-state index contributed by atoms with van der Waals surface area (Å²) in [6.45, 7) is 5.23. The maximum absolute atomic E-state index is 11.6. The smallest absolute Gasteiger partial charge is 0.315 e. The Balaban J connectivity index is 4.08. The fourth-order valence-electron chi connectivity index (χ4n) is 1.12. The minimum absolute atomic E-state index is 0.0355. The number of nitrogens with one attached hydrogen (secondary N) is 3. The van der Waals surface area contributed by atoms with Crippen LogP contribution in [0.25, 0.3) is 0 Å². The first kappa shape index (κ1) is 18.2. The fourth-order valence-corrected chi connectivity index (χ4v) is 1.12. The summed E-state index contributed by atoms with van der Waals surface area (Å²) in [6, 6.07) is -1.31. The van der Waals surface area contributed by atoms with Crippen molar-refractivity contribution >= 4 is 17.9 Å². The van der Waals surface area contributed by atoms with E-state index >= 15 is 0 Å². The highest BCUT2D eigenvalue weighted by molar-refractivity contribution is 5.86. The number of urea groups is 1. The largest absolute Gasteiger partial charge is 0.481 e. The first-order valence-electron chi connectivity index (χ1n) is 6.25. The van der Waals surface area contributed by atoms with Crippen molar-refractivity contribution in [1.29, 1.82) is 0 Å². The number of carbonyl (C=O) groups excluding carboxylic acids is 2. The summed E-state index contributed by atoms with van der Waals surface area (Å²) in [5, 5.41) is 16.3. The molecular weight excluding hydrogens is 266 g/mol. The number of methoxy groups -OCH3 is 1. The Morgan fingerprint density at radius 3 is 2.35 bits per heavy atom. The molecule has 0 radical (unpaired) electrons. The molecule has 0 aromatic heterocycles. The molecule has 8 nitrogen and oxygen atoms in total. The van der Waals surface area contributed by atoms with E-state index in [0.29, 0.717) is 13.2 Å². The lowest BCUT2D eigenvalue weighted by Crippen LogP contribution is -2.50. The van der Waals surface area contributed by atoms with Gasteiger partial charge in [0.25, 0.3) is 0 Å². The molecule has 0 spiro atoms. The molecule has 0 saturated carbocycles. The van der Waals surface area contributed by atoms with Crippen LogP contribution in [0.15, 0.2) is 0 Å². The van der Waals surface area contributed by atoms with E-state index < -0.39 is 23.5 Å². The molecule has 0 aliphatic rings. The molecule has 0 aliphatic heterocycles. The summed E-state index contributed by atoms with van der Waals surface area (Å²) < 4.78 is 4.78. The lowest BCUT2D eigenvalue weighted by Gasteiger charge is -2.20. The first-order valence-corrected chi connectivity index (χ1v) is 6.25. The third kappa shape index (κ3) is 6.93. The molecule has 1 unspecified atom stereocenters. The van der Waals surface area contributed by atoms with Crippen LogP contribution in [0.2, 0.25) is 0 Å². The summed E-state index contributed by atoms with van der Waals surface area (Å²) in [5.74, 6) is -1.35. The molecule has 0 aromatic rings. The van der Waals surface area contributed by atoms with Crippen molar-refractivity contribution in [3.8, 4) is 0 Å². The van der Waals surface area contributed by atoms with Crippen LogP contribution in [-0.4, -0.2) is 55.9 Å². The fraction of sp³-hybridized carbons (Fsp3) is 0.750. The van der Waals surface area contributed by atoms with Crippen molar-refractivity contribution in [2.24, 2.45) is 5.41 Å².